The Hall–Kier alpha value is -3.62. The Morgan fingerprint density at radius 1 is 1.33 bits per heavy atom. The first-order chi connectivity index (χ1) is 12.8. The van der Waals surface area contributed by atoms with Crippen molar-refractivity contribution in [1.82, 2.24) is 5.16 Å². The monoisotopic (exact) mass is 371 g/mol. The van der Waals surface area contributed by atoms with Crippen LogP contribution in [0.25, 0.3) is 0 Å². The SMILES string of the molecule is Cc1noc(C)c1CN1C(=O)COc2ccc(NC(=O)/C=C/C(=O)O)cc21. The molecule has 9 nitrogen and oxygen atoms in total. The fourth-order valence-corrected chi connectivity index (χ4v) is 2.67. The summed E-state index contributed by atoms with van der Waals surface area (Å²) in [5, 5.41) is 15.0. The number of amides is 2. The summed E-state index contributed by atoms with van der Waals surface area (Å²) in [7, 11) is 0. The number of anilines is 2. The highest BCUT2D eigenvalue weighted by Crippen LogP contribution is 2.36. The van der Waals surface area contributed by atoms with Gasteiger partial charge in [0, 0.05) is 23.4 Å². The number of carbonyl (C=O) groups is 3. The average Bonchev–Trinajstić information content (AvgIpc) is 2.94. The Labute approximate surface area is 154 Å². The molecule has 0 aliphatic carbocycles. The zero-order chi connectivity index (χ0) is 19.6. The van der Waals surface area contributed by atoms with Crippen LogP contribution >= 0.6 is 0 Å². The van der Waals surface area contributed by atoms with Gasteiger partial charge in [0.2, 0.25) is 5.91 Å². The summed E-state index contributed by atoms with van der Waals surface area (Å²) < 4.78 is 10.6. The maximum Gasteiger partial charge on any atom is 0.328 e. The number of nitrogens with one attached hydrogen (secondary N) is 1. The molecule has 9 heteroatoms. The lowest BCUT2D eigenvalue weighted by molar-refractivity contribution is -0.131. The van der Waals surface area contributed by atoms with Crippen molar-refractivity contribution in [1.29, 1.82) is 0 Å². The second-order valence-electron chi connectivity index (χ2n) is 5.91. The number of carboxylic acids is 1. The number of hydrogen-bond acceptors (Lipinski definition) is 6. The van der Waals surface area contributed by atoms with E-state index >= 15 is 0 Å². The lowest BCUT2D eigenvalue weighted by Gasteiger charge is -2.29. The Kier molecular flexibility index (Phi) is 4.93. The molecule has 1 aliphatic heterocycles. The highest BCUT2D eigenvalue weighted by Gasteiger charge is 2.28. The second kappa shape index (κ2) is 7.32. The number of benzene rings is 1. The first-order valence-corrected chi connectivity index (χ1v) is 8.06. The maximum absolute atomic E-state index is 12.4. The van der Waals surface area contributed by atoms with Gasteiger partial charge in [0.15, 0.2) is 6.61 Å². The van der Waals surface area contributed by atoms with Gasteiger partial charge in [0.05, 0.1) is 17.9 Å². The minimum absolute atomic E-state index is 0.0938. The minimum atomic E-state index is -1.22. The van der Waals surface area contributed by atoms with Crippen molar-refractivity contribution in [3.8, 4) is 5.75 Å². The van der Waals surface area contributed by atoms with Crippen molar-refractivity contribution in [2.75, 3.05) is 16.8 Å². The fourth-order valence-electron chi connectivity index (χ4n) is 2.67. The molecule has 0 unspecified atom stereocenters. The summed E-state index contributed by atoms with van der Waals surface area (Å²) >= 11 is 0. The molecule has 0 atom stereocenters. The van der Waals surface area contributed by atoms with Crippen LogP contribution in [0.2, 0.25) is 0 Å². The first kappa shape index (κ1) is 18.2. The van der Waals surface area contributed by atoms with Crippen molar-refractivity contribution in [2.24, 2.45) is 0 Å². The lowest BCUT2D eigenvalue weighted by Crippen LogP contribution is -2.38. The highest BCUT2D eigenvalue weighted by molar-refractivity contribution is 6.03. The number of aryl methyl sites for hydroxylation is 2. The van der Waals surface area contributed by atoms with E-state index in [1.165, 1.54) is 4.90 Å². The summed E-state index contributed by atoms with van der Waals surface area (Å²) in [5.74, 6) is -0.938. The van der Waals surface area contributed by atoms with E-state index in [-0.39, 0.29) is 19.1 Å². The van der Waals surface area contributed by atoms with Gasteiger partial charge in [-0.3, -0.25) is 9.59 Å². The maximum atomic E-state index is 12.4. The van der Waals surface area contributed by atoms with Gasteiger partial charge in [-0.1, -0.05) is 5.16 Å². The summed E-state index contributed by atoms with van der Waals surface area (Å²) in [4.78, 5) is 36.2. The van der Waals surface area contributed by atoms with Crippen LogP contribution in [0, 0.1) is 13.8 Å². The molecule has 2 aromatic rings. The van der Waals surface area contributed by atoms with Crippen molar-refractivity contribution < 1.29 is 28.8 Å². The largest absolute Gasteiger partial charge is 0.482 e. The molecular weight excluding hydrogens is 354 g/mol. The fraction of sp³-hybridized carbons (Fsp3) is 0.222. The van der Waals surface area contributed by atoms with Crippen LogP contribution in [0.3, 0.4) is 0 Å². The van der Waals surface area contributed by atoms with Crippen LogP contribution < -0.4 is 15.0 Å². The van der Waals surface area contributed by atoms with E-state index in [2.05, 4.69) is 10.5 Å². The van der Waals surface area contributed by atoms with Gasteiger partial charge in [-0.15, -0.1) is 0 Å². The number of carboxylic acid groups (broad SMARTS) is 1. The number of fused-ring (bicyclic) bond motifs is 1. The third-order valence-corrected chi connectivity index (χ3v) is 4.04. The molecule has 0 spiro atoms. The van der Waals surface area contributed by atoms with Gasteiger partial charge < -0.3 is 24.6 Å². The predicted molar refractivity (Wildman–Crippen MR) is 94.5 cm³/mol. The molecule has 2 N–H and O–H groups in total. The van der Waals surface area contributed by atoms with E-state index in [4.69, 9.17) is 14.4 Å². The number of rotatable bonds is 5. The van der Waals surface area contributed by atoms with Gasteiger partial charge in [-0.2, -0.15) is 0 Å². The molecule has 0 radical (unpaired) electrons. The number of aromatic nitrogens is 1. The Morgan fingerprint density at radius 3 is 2.78 bits per heavy atom. The third-order valence-electron chi connectivity index (χ3n) is 4.04. The van der Waals surface area contributed by atoms with E-state index < -0.39 is 11.9 Å². The smallest absolute Gasteiger partial charge is 0.328 e. The molecule has 0 saturated carbocycles. The van der Waals surface area contributed by atoms with E-state index in [0.29, 0.717) is 28.6 Å². The molecule has 0 saturated heterocycles. The number of nitrogens with zero attached hydrogens (tertiary/aromatic N) is 2. The normalized spacial score (nSPS) is 13.4. The number of carbonyl (C=O) groups excluding carboxylic acids is 2. The second-order valence-corrected chi connectivity index (χ2v) is 5.91. The molecule has 3 rings (SSSR count). The van der Waals surface area contributed by atoms with Crippen LogP contribution in [0.5, 0.6) is 5.75 Å². The van der Waals surface area contributed by atoms with Crippen LogP contribution in [0.4, 0.5) is 11.4 Å². The van der Waals surface area contributed by atoms with Crippen LogP contribution in [-0.4, -0.2) is 34.7 Å². The van der Waals surface area contributed by atoms with Crippen LogP contribution in [0.1, 0.15) is 17.0 Å². The predicted octanol–water partition coefficient (Wildman–Crippen LogP) is 1.80. The molecule has 140 valence electrons. The lowest BCUT2D eigenvalue weighted by atomic mass is 10.1. The highest BCUT2D eigenvalue weighted by atomic mass is 16.5. The van der Waals surface area contributed by atoms with E-state index in [1.54, 1.807) is 32.0 Å². The molecule has 27 heavy (non-hydrogen) atoms. The van der Waals surface area contributed by atoms with Crippen molar-refractivity contribution >= 4 is 29.2 Å². The Morgan fingerprint density at radius 2 is 2.11 bits per heavy atom. The molecule has 1 aliphatic rings. The summed E-state index contributed by atoms with van der Waals surface area (Å²) in [6.45, 7) is 3.73. The van der Waals surface area contributed by atoms with Gasteiger partial charge in [0.25, 0.3) is 5.91 Å². The minimum Gasteiger partial charge on any atom is -0.482 e. The summed E-state index contributed by atoms with van der Waals surface area (Å²) in [6, 6.07) is 4.84. The topological polar surface area (TPSA) is 122 Å². The third kappa shape index (κ3) is 3.97. The Balaban J connectivity index is 1.88. The van der Waals surface area contributed by atoms with E-state index in [1.807, 2.05) is 0 Å². The van der Waals surface area contributed by atoms with E-state index in [9.17, 15) is 14.4 Å². The summed E-state index contributed by atoms with van der Waals surface area (Å²) in [5.41, 5.74) is 2.38. The zero-order valence-electron chi connectivity index (χ0n) is 14.7. The van der Waals surface area contributed by atoms with Crippen molar-refractivity contribution in [3.05, 3.63) is 47.4 Å². The number of hydrogen-bond donors (Lipinski definition) is 2. The summed E-state index contributed by atoms with van der Waals surface area (Å²) in [6.07, 6.45) is 1.65. The average molecular weight is 371 g/mol. The van der Waals surface area contributed by atoms with Gasteiger partial charge >= 0.3 is 5.97 Å². The standard InChI is InChI=1S/C18H17N3O6/c1-10-13(11(2)27-20-10)8-21-14-7-12(19-16(22)5-6-18(24)25)3-4-15(14)26-9-17(21)23/h3-7H,8-9H2,1-2H3,(H,19,22)(H,24,25)/b6-5+. The molecular formula is C18H17N3O6. The number of ether oxygens (including phenoxy) is 1. The van der Waals surface area contributed by atoms with Crippen LogP contribution in [0.15, 0.2) is 34.9 Å². The van der Waals surface area contributed by atoms with E-state index in [0.717, 1.165) is 17.7 Å². The van der Waals surface area contributed by atoms with Crippen LogP contribution in [-0.2, 0) is 20.9 Å². The Bertz CT molecular complexity index is 927. The molecule has 1 aromatic heterocycles. The van der Waals surface area contributed by atoms with Gasteiger partial charge in [0.1, 0.15) is 11.5 Å². The number of aliphatic carboxylic acids is 1. The quantitative estimate of drug-likeness (QED) is 0.768. The molecule has 2 amide bonds. The van der Waals surface area contributed by atoms with Gasteiger partial charge in [-0.05, 0) is 32.0 Å². The van der Waals surface area contributed by atoms with Crippen molar-refractivity contribution in [3.63, 3.8) is 0 Å². The van der Waals surface area contributed by atoms with Crippen molar-refractivity contribution in [2.45, 2.75) is 20.4 Å². The molecule has 0 fully saturated rings. The zero-order valence-corrected chi connectivity index (χ0v) is 14.7. The van der Waals surface area contributed by atoms with Gasteiger partial charge in [-0.25, -0.2) is 4.79 Å². The molecule has 0 bridgehead atoms. The first-order valence-electron chi connectivity index (χ1n) is 8.06. The molecule has 2 heterocycles. The molecule has 1 aromatic carbocycles.